The van der Waals surface area contributed by atoms with Crippen LogP contribution < -0.4 is 4.72 Å². The summed E-state index contributed by atoms with van der Waals surface area (Å²) in [6, 6.07) is 5.23. The molecule has 1 unspecified atom stereocenters. The molecule has 38 heavy (non-hydrogen) atoms. The average molecular weight is 570 g/mol. The predicted octanol–water partition coefficient (Wildman–Crippen LogP) is 5.71. The largest absolute Gasteiger partial charge is 0.497 e. The number of anilines is 1. The summed E-state index contributed by atoms with van der Waals surface area (Å²) in [7, 11) is -3.06. The third-order valence-corrected chi connectivity index (χ3v) is 7.25. The summed E-state index contributed by atoms with van der Waals surface area (Å²) in [6.45, 7) is 1.16. The van der Waals surface area contributed by atoms with Gasteiger partial charge >= 0.3 is 6.18 Å². The molecule has 3 rings (SSSR count). The molecule has 0 saturated heterocycles. The number of sulfonamides is 1. The molecule has 0 aromatic heterocycles. The molecule has 1 aliphatic carbocycles. The summed E-state index contributed by atoms with van der Waals surface area (Å²) in [5.74, 6) is -0.921. The third-order valence-electron chi connectivity index (χ3n) is 5.55. The summed E-state index contributed by atoms with van der Waals surface area (Å²) in [5.41, 5.74) is -1.39. The van der Waals surface area contributed by atoms with E-state index in [-0.39, 0.29) is 34.7 Å². The number of hydrogen-bond donors (Lipinski definition) is 2. The maximum atomic E-state index is 13.5. The van der Waals surface area contributed by atoms with Gasteiger partial charge in [-0.15, -0.1) is 0 Å². The van der Waals surface area contributed by atoms with E-state index in [0.717, 1.165) is 19.1 Å². The van der Waals surface area contributed by atoms with E-state index in [1.165, 1.54) is 31.4 Å². The zero-order valence-corrected chi connectivity index (χ0v) is 21.7. The van der Waals surface area contributed by atoms with E-state index in [2.05, 4.69) is 4.72 Å². The minimum absolute atomic E-state index is 0.0866. The van der Waals surface area contributed by atoms with Crippen LogP contribution in [0.1, 0.15) is 46.0 Å². The zero-order valence-electron chi connectivity index (χ0n) is 20.2. The quantitative estimate of drug-likeness (QED) is 0.394. The Morgan fingerprint density at radius 3 is 2.37 bits per heavy atom. The van der Waals surface area contributed by atoms with Crippen molar-refractivity contribution in [3.8, 4) is 0 Å². The Balaban J connectivity index is 2.04. The van der Waals surface area contributed by atoms with Gasteiger partial charge in [0.2, 0.25) is 0 Å². The Hall–Kier alpha value is -3.41. The van der Waals surface area contributed by atoms with E-state index in [0.29, 0.717) is 23.5 Å². The van der Waals surface area contributed by atoms with Gasteiger partial charge in [0.1, 0.15) is 5.76 Å². The molecule has 1 atom stereocenters. The lowest BCUT2D eigenvalue weighted by Crippen LogP contribution is -2.18. The highest BCUT2D eigenvalue weighted by Gasteiger charge is 2.31. The predicted molar refractivity (Wildman–Crippen MR) is 136 cm³/mol. The molecule has 202 valence electrons. The molecule has 0 saturated carbocycles. The minimum atomic E-state index is -4.66. The number of benzene rings is 2. The van der Waals surface area contributed by atoms with Crippen molar-refractivity contribution in [1.29, 1.82) is 0 Å². The van der Waals surface area contributed by atoms with Crippen LogP contribution >= 0.6 is 11.6 Å². The van der Waals surface area contributed by atoms with Crippen molar-refractivity contribution in [2.75, 3.05) is 11.8 Å². The molecule has 7 nitrogen and oxygen atoms in total. The van der Waals surface area contributed by atoms with Crippen LogP contribution in [0.15, 0.2) is 76.9 Å². The highest BCUT2D eigenvalue weighted by atomic mass is 35.5. The number of halogens is 4. The number of ether oxygens (including phenoxy) is 1. The van der Waals surface area contributed by atoms with Gasteiger partial charge in [-0.25, -0.2) is 8.42 Å². The van der Waals surface area contributed by atoms with Gasteiger partial charge < -0.3 is 9.84 Å². The number of ketones is 2. The highest BCUT2D eigenvalue weighted by Crippen LogP contribution is 2.33. The second kappa shape index (κ2) is 11.5. The standard InChI is InChI=1S/C26H23ClF3NO6S/c1-15(32)24-21(27)11-12-22(31-38(35,36)20-9-4-17(5-10-20)26(28,29)30)25(24)23(34)14-16-3-6-18(33)7-8-19(13-16)37-2/h3-5,7-13,18,31,33H,6,14H2,1-2H3/b8-7?,16-3+,19-13?. The number of methoxy groups -OCH3 is 1. The topological polar surface area (TPSA) is 110 Å². The number of rotatable bonds is 8. The highest BCUT2D eigenvalue weighted by molar-refractivity contribution is 7.92. The van der Waals surface area contributed by atoms with Crippen LogP contribution in [0.25, 0.3) is 0 Å². The first kappa shape index (κ1) is 29.2. The van der Waals surface area contributed by atoms with Crippen LogP contribution in [0.4, 0.5) is 18.9 Å². The normalized spacial score (nSPS) is 17.5. The second-order valence-electron chi connectivity index (χ2n) is 8.32. The number of nitrogens with one attached hydrogen (secondary N) is 1. The lowest BCUT2D eigenvalue weighted by atomic mass is 9.93. The van der Waals surface area contributed by atoms with Crippen LogP contribution in [0.2, 0.25) is 5.02 Å². The number of hydrogen-bond acceptors (Lipinski definition) is 6. The number of aliphatic hydroxyl groups is 1. The van der Waals surface area contributed by atoms with Crippen molar-refractivity contribution in [3.05, 3.63) is 93.7 Å². The Kier molecular flexibility index (Phi) is 8.86. The Bertz CT molecular complexity index is 1440. The molecule has 1 aliphatic rings. The van der Waals surface area contributed by atoms with Crippen molar-refractivity contribution < 1.29 is 41.0 Å². The van der Waals surface area contributed by atoms with E-state index < -0.39 is 44.3 Å². The lowest BCUT2D eigenvalue weighted by Gasteiger charge is -2.17. The number of allylic oxidation sites excluding steroid dienone is 3. The summed E-state index contributed by atoms with van der Waals surface area (Å²) >= 11 is 6.20. The molecule has 0 bridgehead atoms. The molecule has 2 N–H and O–H groups in total. The van der Waals surface area contributed by atoms with Crippen molar-refractivity contribution in [3.63, 3.8) is 0 Å². The van der Waals surface area contributed by atoms with Gasteiger partial charge in [-0.05, 0) is 67.5 Å². The van der Waals surface area contributed by atoms with Gasteiger partial charge in [-0.3, -0.25) is 14.3 Å². The number of carbonyl (C=O) groups excluding carboxylic acids is 2. The van der Waals surface area contributed by atoms with E-state index in [9.17, 15) is 36.3 Å². The Morgan fingerprint density at radius 2 is 1.79 bits per heavy atom. The molecule has 12 heteroatoms. The summed E-state index contributed by atoms with van der Waals surface area (Å²) in [4.78, 5) is 25.5. The van der Waals surface area contributed by atoms with Gasteiger partial charge in [0.25, 0.3) is 10.0 Å². The van der Waals surface area contributed by atoms with E-state index >= 15 is 0 Å². The molecule has 0 amide bonds. The van der Waals surface area contributed by atoms with E-state index in [4.69, 9.17) is 16.3 Å². The van der Waals surface area contributed by atoms with Gasteiger partial charge in [-0.1, -0.05) is 23.8 Å². The number of aliphatic hydroxyl groups excluding tert-OH is 1. The third kappa shape index (κ3) is 6.91. The van der Waals surface area contributed by atoms with Gasteiger partial charge in [0.05, 0.1) is 39.9 Å². The van der Waals surface area contributed by atoms with Gasteiger partial charge in [-0.2, -0.15) is 13.2 Å². The molecule has 0 heterocycles. The molecule has 2 aromatic rings. The van der Waals surface area contributed by atoms with Gasteiger partial charge in [0, 0.05) is 12.0 Å². The lowest BCUT2D eigenvalue weighted by molar-refractivity contribution is -0.137. The van der Waals surface area contributed by atoms with Crippen molar-refractivity contribution in [2.24, 2.45) is 0 Å². The number of alkyl halides is 3. The summed E-state index contributed by atoms with van der Waals surface area (Å²) in [6.07, 6.45) is 0.618. The maximum absolute atomic E-state index is 13.5. The first-order chi connectivity index (χ1) is 17.7. The second-order valence-corrected chi connectivity index (χ2v) is 10.4. The first-order valence-electron chi connectivity index (χ1n) is 11.1. The van der Waals surface area contributed by atoms with Crippen LogP contribution in [0.3, 0.4) is 0 Å². The zero-order chi connectivity index (χ0) is 28.3. The fraction of sp³-hybridized carbons (Fsp3) is 0.231. The van der Waals surface area contributed by atoms with Crippen molar-refractivity contribution in [1.82, 2.24) is 0 Å². The molecule has 0 spiro atoms. The van der Waals surface area contributed by atoms with Crippen LogP contribution in [0.5, 0.6) is 0 Å². The van der Waals surface area contributed by atoms with Crippen LogP contribution in [-0.2, 0) is 20.9 Å². The van der Waals surface area contributed by atoms with E-state index in [1.807, 2.05) is 0 Å². The van der Waals surface area contributed by atoms with E-state index in [1.54, 1.807) is 12.2 Å². The molecule has 2 aromatic carbocycles. The smallest absolute Gasteiger partial charge is 0.416 e. The monoisotopic (exact) mass is 569 g/mol. The fourth-order valence-electron chi connectivity index (χ4n) is 3.69. The van der Waals surface area contributed by atoms with Crippen molar-refractivity contribution in [2.45, 2.75) is 36.9 Å². The molecule has 0 fully saturated rings. The molecular formula is C26H23ClF3NO6S. The average Bonchev–Trinajstić information content (AvgIpc) is 2.83. The molecule has 0 radical (unpaired) electrons. The summed E-state index contributed by atoms with van der Waals surface area (Å²) in [5, 5.41) is 9.90. The minimum Gasteiger partial charge on any atom is -0.497 e. The van der Waals surface area contributed by atoms with Crippen LogP contribution in [0, 0.1) is 0 Å². The first-order valence-corrected chi connectivity index (χ1v) is 13.0. The summed E-state index contributed by atoms with van der Waals surface area (Å²) < 4.78 is 72.1. The van der Waals surface area contributed by atoms with Crippen molar-refractivity contribution >= 4 is 38.9 Å². The molecular weight excluding hydrogens is 547 g/mol. The van der Waals surface area contributed by atoms with Crippen LogP contribution in [-0.4, -0.2) is 38.3 Å². The SMILES string of the molecule is COC1=C/C(CC(=O)c2c(NS(=O)(=O)c3ccc(C(F)(F)F)cc3)ccc(Cl)c2C(C)=O)=C\CC(O)C=C1. The van der Waals surface area contributed by atoms with Gasteiger partial charge in [0.15, 0.2) is 11.6 Å². The number of Topliss-reactive ketones (excluding diaryl/α,β-unsaturated/α-hetero) is 2. The molecule has 0 aliphatic heterocycles. The maximum Gasteiger partial charge on any atom is 0.416 e. The Labute approximate surface area is 222 Å². The Morgan fingerprint density at radius 1 is 1.13 bits per heavy atom. The number of carbonyl (C=O) groups is 2. The fourth-order valence-corrected chi connectivity index (χ4v) is 5.06.